The molecule has 0 bridgehead atoms. The quantitative estimate of drug-likeness (QED) is 0.776. The summed E-state index contributed by atoms with van der Waals surface area (Å²) in [6.07, 6.45) is -0.192. The van der Waals surface area contributed by atoms with Crippen molar-refractivity contribution in [3.8, 4) is 0 Å². The molecule has 1 aromatic carbocycles. The van der Waals surface area contributed by atoms with Gasteiger partial charge in [-0.15, -0.1) is 0 Å². The van der Waals surface area contributed by atoms with Crippen LogP contribution in [-0.4, -0.2) is 27.7 Å². The number of oxazole rings is 1. The molecule has 0 aliphatic heterocycles. The monoisotopic (exact) mass is 280 g/mol. The van der Waals surface area contributed by atoms with Gasteiger partial charge in [-0.05, 0) is 12.1 Å². The Morgan fingerprint density at radius 2 is 2.16 bits per heavy atom. The van der Waals surface area contributed by atoms with E-state index in [0.717, 1.165) is 11.8 Å². The maximum absolute atomic E-state index is 11.0. The van der Waals surface area contributed by atoms with E-state index in [4.69, 9.17) is 15.3 Å². The number of primary amides is 1. The zero-order valence-corrected chi connectivity index (χ0v) is 10.7. The topological polar surface area (TPSA) is 106 Å². The Balaban J connectivity index is 2.03. The van der Waals surface area contributed by atoms with Crippen molar-refractivity contribution in [3.05, 3.63) is 24.3 Å². The zero-order valence-electron chi connectivity index (χ0n) is 9.91. The minimum Gasteiger partial charge on any atom is -0.481 e. The molecule has 1 amide bonds. The Hall–Kier alpha value is -2.02. The van der Waals surface area contributed by atoms with Crippen LogP contribution < -0.4 is 5.73 Å². The second kappa shape index (κ2) is 5.75. The van der Waals surface area contributed by atoms with Gasteiger partial charge >= 0.3 is 5.97 Å². The number of nitrogens with two attached hydrogens (primary N) is 1. The Bertz CT molecular complexity index is 578. The van der Waals surface area contributed by atoms with E-state index in [9.17, 15) is 9.59 Å². The van der Waals surface area contributed by atoms with Crippen molar-refractivity contribution in [2.45, 2.75) is 11.6 Å². The van der Waals surface area contributed by atoms with Crippen LogP contribution in [0.25, 0.3) is 11.1 Å². The number of amides is 1. The highest BCUT2D eigenvalue weighted by Crippen LogP contribution is 2.25. The molecule has 0 aliphatic rings. The summed E-state index contributed by atoms with van der Waals surface area (Å²) in [6.45, 7) is 0. The number of carbonyl (C=O) groups excluding carboxylic acids is 1. The predicted molar refractivity (Wildman–Crippen MR) is 69.7 cm³/mol. The lowest BCUT2D eigenvalue weighted by Crippen LogP contribution is -2.24. The summed E-state index contributed by atoms with van der Waals surface area (Å²) >= 11 is 1.16. The van der Waals surface area contributed by atoms with Gasteiger partial charge in [0.25, 0.3) is 5.22 Å². The van der Waals surface area contributed by atoms with Crippen LogP contribution in [0.4, 0.5) is 0 Å². The molecule has 100 valence electrons. The summed E-state index contributed by atoms with van der Waals surface area (Å²) in [6, 6.07) is 7.26. The second-order valence-corrected chi connectivity index (χ2v) is 4.94. The van der Waals surface area contributed by atoms with E-state index in [2.05, 4.69) is 4.98 Å². The van der Waals surface area contributed by atoms with Gasteiger partial charge in [0.05, 0.1) is 5.92 Å². The number of benzene rings is 1. The molecule has 3 N–H and O–H groups in total. The number of aliphatic carboxylic acids is 1. The maximum atomic E-state index is 11.0. The molecule has 19 heavy (non-hydrogen) atoms. The van der Waals surface area contributed by atoms with Crippen LogP contribution in [0.1, 0.15) is 6.42 Å². The van der Waals surface area contributed by atoms with E-state index in [1.807, 2.05) is 12.1 Å². The second-order valence-electron chi connectivity index (χ2n) is 3.96. The highest BCUT2D eigenvalue weighted by atomic mass is 32.2. The molecule has 1 atom stereocenters. The molecule has 0 aliphatic carbocycles. The Morgan fingerprint density at radius 3 is 2.79 bits per heavy atom. The molecule has 0 fully saturated rings. The molecule has 0 saturated carbocycles. The lowest BCUT2D eigenvalue weighted by Gasteiger charge is -2.07. The number of rotatable bonds is 6. The molecule has 1 unspecified atom stereocenters. The van der Waals surface area contributed by atoms with Crippen molar-refractivity contribution < 1.29 is 19.1 Å². The molecule has 6 nitrogen and oxygen atoms in total. The van der Waals surface area contributed by atoms with Gasteiger partial charge in [0.1, 0.15) is 5.52 Å². The molecule has 2 rings (SSSR count). The zero-order chi connectivity index (χ0) is 13.8. The average molecular weight is 280 g/mol. The van der Waals surface area contributed by atoms with Crippen LogP contribution in [0.5, 0.6) is 0 Å². The Labute approximate surface area is 113 Å². The maximum Gasteiger partial charge on any atom is 0.307 e. The summed E-state index contributed by atoms with van der Waals surface area (Å²) in [7, 11) is 0. The number of carboxylic acids is 1. The number of carbonyl (C=O) groups is 2. The molecule has 0 radical (unpaired) electrons. The average Bonchev–Trinajstić information content (AvgIpc) is 2.76. The summed E-state index contributed by atoms with van der Waals surface area (Å²) in [5, 5.41) is 9.35. The van der Waals surface area contributed by atoms with Gasteiger partial charge < -0.3 is 15.3 Å². The van der Waals surface area contributed by atoms with E-state index in [1.54, 1.807) is 12.1 Å². The highest BCUT2D eigenvalue weighted by Gasteiger charge is 2.21. The number of hydrogen-bond donors (Lipinski definition) is 2. The number of para-hydroxylation sites is 2. The van der Waals surface area contributed by atoms with Crippen LogP contribution in [0.15, 0.2) is 33.9 Å². The fourth-order valence-electron chi connectivity index (χ4n) is 1.55. The van der Waals surface area contributed by atoms with Gasteiger partial charge in [0.2, 0.25) is 5.91 Å². The SMILES string of the molecule is NC(=O)CC(CSc1nc2ccccc2o1)C(=O)O. The van der Waals surface area contributed by atoms with Crippen LogP contribution in [-0.2, 0) is 9.59 Å². The minimum absolute atomic E-state index is 0.186. The van der Waals surface area contributed by atoms with Crippen molar-refractivity contribution in [2.24, 2.45) is 11.7 Å². The predicted octanol–water partition coefficient (Wildman–Crippen LogP) is 1.50. The first-order valence-electron chi connectivity index (χ1n) is 5.55. The summed E-state index contributed by atoms with van der Waals surface area (Å²) in [4.78, 5) is 25.9. The van der Waals surface area contributed by atoms with Gasteiger partial charge in [-0.3, -0.25) is 9.59 Å². The first kappa shape index (κ1) is 13.4. The summed E-state index contributed by atoms with van der Waals surface area (Å²) in [5.74, 6) is -2.34. The molecule has 0 spiro atoms. The molecular formula is C12H12N2O4S. The van der Waals surface area contributed by atoms with E-state index < -0.39 is 17.8 Å². The van der Waals surface area contributed by atoms with Crippen LogP contribution in [0.3, 0.4) is 0 Å². The number of thioether (sulfide) groups is 1. The largest absolute Gasteiger partial charge is 0.481 e. The number of aromatic nitrogens is 1. The van der Waals surface area contributed by atoms with Crippen molar-refractivity contribution in [2.75, 3.05) is 5.75 Å². The fraction of sp³-hybridized carbons (Fsp3) is 0.250. The smallest absolute Gasteiger partial charge is 0.307 e. The van der Waals surface area contributed by atoms with E-state index in [-0.39, 0.29) is 12.2 Å². The molecular weight excluding hydrogens is 268 g/mol. The third-order valence-corrected chi connectivity index (χ3v) is 3.47. The lowest BCUT2D eigenvalue weighted by molar-refractivity contribution is -0.142. The molecule has 7 heteroatoms. The van der Waals surface area contributed by atoms with Crippen molar-refractivity contribution in [3.63, 3.8) is 0 Å². The molecule has 1 heterocycles. The molecule has 1 aromatic heterocycles. The molecule has 0 saturated heterocycles. The van der Waals surface area contributed by atoms with Gasteiger partial charge in [-0.2, -0.15) is 0 Å². The molecule has 2 aromatic rings. The first-order chi connectivity index (χ1) is 9.06. The van der Waals surface area contributed by atoms with E-state index >= 15 is 0 Å². The highest BCUT2D eigenvalue weighted by molar-refractivity contribution is 7.99. The van der Waals surface area contributed by atoms with E-state index in [1.165, 1.54) is 0 Å². The van der Waals surface area contributed by atoms with Gasteiger partial charge in [0.15, 0.2) is 5.58 Å². The first-order valence-corrected chi connectivity index (χ1v) is 6.54. The van der Waals surface area contributed by atoms with Crippen molar-refractivity contribution in [1.82, 2.24) is 4.98 Å². The summed E-state index contributed by atoms with van der Waals surface area (Å²) < 4.78 is 5.45. The standard InChI is InChI=1S/C12H12N2O4S/c13-10(15)5-7(11(16)17)6-19-12-14-8-3-1-2-4-9(8)18-12/h1-4,7H,5-6H2,(H2,13,15)(H,16,17). The van der Waals surface area contributed by atoms with Crippen molar-refractivity contribution >= 4 is 34.7 Å². The van der Waals surface area contributed by atoms with Crippen LogP contribution >= 0.6 is 11.8 Å². The number of fused-ring (bicyclic) bond motifs is 1. The summed E-state index contributed by atoms with van der Waals surface area (Å²) in [5.41, 5.74) is 6.37. The third-order valence-electron chi connectivity index (χ3n) is 2.48. The number of hydrogen-bond acceptors (Lipinski definition) is 5. The van der Waals surface area contributed by atoms with Gasteiger partial charge in [0, 0.05) is 12.2 Å². The minimum atomic E-state index is -1.05. The van der Waals surface area contributed by atoms with Gasteiger partial charge in [-0.1, -0.05) is 23.9 Å². The van der Waals surface area contributed by atoms with Gasteiger partial charge in [-0.25, -0.2) is 4.98 Å². The fourth-order valence-corrected chi connectivity index (χ4v) is 2.46. The lowest BCUT2D eigenvalue weighted by atomic mass is 10.1. The third kappa shape index (κ3) is 3.47. The van der Waals surface area contributed by atoms with E-state index in [0.29, 0.717) is 16.3 Å². The Kier molecular flexibility index (Phi) is 4.06. The number of carboxylic acid groups (broad SMARTS) is 1. The van der Waals surface area contributed by atoms with Crippen LogP contribution in [0.2, 0.25) is 0 Å². The van der Waals surface area contributed by atoms with Crippen LogP contribution in [0, 0.1) is 5.92 Å². The van der Waals surface area contributed by atoms with Crippen molar-refractivity contribution in [1.29, 1.82) is 0 Å². The normalized spacial score (nSPS) is 12.4. The number of nitrogens with zero attached hydrogens (tertiary/aromatic N) is 1. The Morgan fingerprint density at radius 1 is 1.42 bits per heavy atom.